The highest BCUT2D eigenvalue weighted by Crippen LogP contribution is 2.43. The summed E-state index contributed by atoms with van der Waals surface area (Å²) < 4.78 is 5.58. The minimum Gasteiger partial charge on any atom is -0.423 e. The van der Waals surface area contributed by atoms with Gasteiger partial charge in [0.05, 0.1) is 16.9 Å². The van der Waals surface area contributed by atoms with Crippen LogP contribution in [0.1, 0.15) is 41.6 Å². The van der Waals surface area contributed by atoms with E-state index in [1.54, 1.807) is 48.2 Å². The molecule has 5 aromatic rings. The molecule has 8 nitrogen and oxygen atoms in total. The molecule has 1 aliphatic rings. The average Bonchev–Trinajstić information content (AvgIpc) is 3.67. The number of anilines is 1. The Morgan fingerprint density at radius 3 is 2.07 bits per heavy atom. The number of esters is 1. The number of aryl methyl sites for hydroxylation is 1. The first-order chi connectivity index (χ1) is 22.5. The van der Waals surface area contributed by atoms with Gasteiger partial charge in [-0.25, -0.2) is 9.78 Å². The summed E-state index contributed by atoms with van der Waals surface area (Å²) in [6.45, 7) is 8.37. The second kappa shape index (κ2) is 14.6. The molecule has 2 heterocycles. The lowest BCUT2D eigenvalue weighted by Crippen LogP contribution is -2.21. The number of thiazole rings is 1. The molecule has 1 aromatic heterocycles. The standard InChI is InChI=1S/C36H34N6O2S2/c1-4-24-7-9-25(10-8-24)26-11-13-27(14-12-26)35(43)44-31-21-17-29(18-22-31)38-40-33-23-32-34(46-33)37-36(45-32)41-39-28-15-19-30(20-16-28)42(5-2)6-3/h7-22,33H,4-6,23H2,1-3H3. The van der Waals surface area contributed by atoms with Crippen molar-refractivity contribution in [3.63, 3.8) is 0 Å². The molecular formula is C36H34N6O2S2. The Balaban J connectivity index is 0.988. The van der Waals surface area contributed by atoms with Crippen molar-refractivity contribution in [1.29, 1.82) is 0 Å². The second-order valence-corrected chi connectivity index (χ2v) is 12.8. The molecule has 0 N–H and O–H groups in total. The van der Waals surface area contributed by atoms with Crippen molar-refractivity contribution in [1.82, 2.24) is 4.98 Å². The molecule has 0 saturated carbocycles. The van der Waals surface area contributed by atoms with Crippen molar-refractivity contribution in [3.05, 3.63) is 113 Å². The molecule has 0 amide bonds. The van der Waals surface area contributed by atoms with Crippen LogP contribution in [0.4, 0.5) is 22.2 Å². The molecule has 0 fully saturated rings. The highest BCUT2D eigenvalue weighted by molar-refractivity contribution is 8.00. The molecule has 232 valence electrons. The molecule has 10 heteroatoms. The van der Waals surface area contributed by atoms with E-state index in [1.807, 2.05) is 24.3 Å². The molecule has 46 heavy (non-hydrogen) atoms. The number of fused-ring (bicyclic) bond motifs is 1. The zero-order chi connectivity index (χ0) is 31.9. The van der Waals surface area contributed by atoms with E-state index in [2.05, 4.69) is 87.5 Å². The third kappa shape index (κ3) is 7.58. The molecule has 0 saturated heterocycles. The van der Waals surface area contributed by atoms with E-state index >= 15 is 0 Å². The number of carbonyl (C=O) groups is 1. The first-order valence-electron chi connectivity index (χ1n) is 15.4. The van der Waals surface area contributed by atoms with E-state index in [0.717, 1.165) is 52.6 Å². The summed E-state index contributed by atoms with van der Waals surface area (Å²) in [5, 5.41) is 19.2. The summed E-state index contributed by atoms with van der Waals surface area (Å²) in [5.41, 5.74) is 6.62. The quantitative estimate of drug-likeness (QED) is 0.0809. The number of hydrogen-bond donors (Lipinski definition) is 0. The second-order valence-electron chi connectivity index (χ2n) is 10.6. The number of rotatable bonds is 11. The molecule has 1 unspecified atom stereocenters. The monoisotopic (exact) mass is 646 g/mol. The molecular weight excluding hydrogens is 613 g/mol. The topological polar surface area (TPSA) is 91.9 Å². The predicted octanol–water partition coefficient (Wildman–Crippen LogP) is 10.6. The summed E-state index contributed by atoms with van der Waals surface area (Å²) in [6.07, 6.45) is 1.75. The highest BCUT2D eigenvalue weighted by atomic mass is 32.2. The van der Waals surface area contributed by atoms with Gasteiger partial charge in [0.15, 0.2) is 0 Å². The Hall–Kier alpha value is -4.67. The van der Waals surface area contributed by atoms with Gasteiger partial charge < -0.3 is 9.64 Å². The minimum atomic E-state index is -0.407. The van der Waals surface area contributed by atoms with Crippen molar-refractivity contribution in [2.45, 2.75) is 44.0 Å². The molecule has 0 bridgehead atoms. The molecule has 0 spiro atoms. The van der Waals surface area contributed by atoms with E-state index in [0.29, 0.717) is 22.1 Å². The summed E-state index contributed by atoms with van der Waals surface area (Å²) >= 11 is 3.12. The number of carbonyl (C=O) groups excluding carboxylic acids is 1. The van der Waals surface area contributed by atoms with Crippen LogP contribution in [0.25, 0.3) is 11.1 Å². The van der Waals surface area contributed by atoms with E-state index in [-0.39, 0.29) is 5.37 Å². The SMILES string of the molecule is CCc1ccc(-c2ccc(C(=O)Oc3ccc(N=NC4Cc5sc(N=Nc6ccc(N(CC)CC)cc6)nc5S4)cc3)cc2)cc1. The van der Waals surface area contributed by atoms with E-state index < -0.39 is 5.97 Å². The lowest BCUT2D eigenvalue weighted by Gasteiger charge is -2.20. The van der Waals surface area contributed by atoms with Gasteiger partial charge >= 0.3 is 5.97 Å². The number of ether oxygens (including phenoxy) is 1. The Morgan fingerprint density at radius 1 is 0.804 bits per heavy atom. The van der Waals surface area contributed by atoms with Gasteiger partial charge in [-0.2, -0.15) is 10.2 Å². The van der Waals surface area contributed by atoms with Crippen LogP contribution in [0, 0.1) is 0 Å². The zero-order valence-electron chi connectivity index (χ0n) is 26.0. The van der Waals surface area contributed by atoms with Crippen LogP contribution in [-0.2, 0) is 12.8 Å². The highest BCUT2D eigenvalue weighted by Gasteiger charge is 2.26. The largest absolute Gasteiger partial charge is 0.423 e. The normalized spacial score (nSPS) is 14.2. The van der Waals surface area contributed by atoms with Crippen LogP contribution in [0.15, 0.2) is 123 Å². The van der Waals surface area contributed by atoms with E-state index in [4.69, 9.17) is 4.74 Å². The Bertz CT molecular complexity index is 1810. The fraction of sp³-hybridized carbons (Fsp3) is 0.222. The minimum absolute atomic E-state index is 0.0441. The number of thioether (sulfide) groups is 1. The predicted molar refractivity (Wildman–Crippen MR) is 187 cm³/mol. The van der Waals surface area contributed by atoms with Crippen LogP contribution in [0.3, 0.4) is 0 Å². The third-order valence-corrected chi connectivity index (χ3v) is 9.84. The maximum atomic E-state index is 12.7. The van der Waals surface area contributed by atoms with Crippen molar-refractivity contribution >= 4 is 51.3 Å². The fourth-order valence-electron chi connectivity index (χ4n) is 5.01. The number of azo groups is 2. The van der Waals surface area contributed by atoms with Crippen molar-refractivity contribution < 1.29 is 9.53 Å². The molecule has 0 radical (unpaired) electrons. The smallest absolute Gasteiger partial charge is 0.343 e. The third-order valence-electron chi connectivity index (χ3n) is 7.65. The Kier molecular flexibility index (Phi) is 9.95. The Labute approximate surface area is 277 Å². The van der Waals surface area contributed by atoms with Gasteiger partial charge in [-0.1, -0.05) is 66.4 Å². The Morgan fingerprint density at radius 2 is 1.43 bits per heavy atom. The van der Waals surface area contributed by atoms with Gasteiger partial charge in [-0.05, 0) is 97.6 Å². The van der Waals surface area contributed by atoms with Crippen molar-refractivity contribution in [3.8, 4) is 16.9 Å². The number of benzene rings is 4. The first-order valence-corrected chi connectivity index (χ1v) is 17.1. The first kappa shape index (κ1) is 31.3. The summed E-state index contributed by atoms with van der Waals surface area (Å²) in [4.78, 5) is 20.8. The van der Waals surface area contributed by atoms with Gasteiger partial charge in [0.25, 0.3) is 0 Å². The van der Waals surface area contributed by atoms with Gasteiger partial charge in [0.1, 0.15) is 16.1 Å². The summed E-state index contributed by atoms with van der Waals surface area (Å²) in [7, 11) is 0. The number of hydrogen-bond acceptors (Lipinski definition) is 10. The van der Waals surface area contributed by atoms with Crippen LogP contribution >= 0.6 is 23.1 Å². The van der Waals surface area contributed by atoms with E-state index in [9.17, 15) is 4.79 Å². The van der Waals surface area contributed by atoms with Gasteiger partial charge in [0, 0.05) is 30.1 Å². The molecule has 0 aliphatic carbocycles. The lowest BCUT2D eigenvalue weighted by atomic mass is 10.0. The van der Waals surface area contributed by atoms with Gasteiger partial charge in [-0.3, -0.25) is 0 Å². The van der Waals surface area contributed by atoms with Crippen molar-refractivity contribution in [2.75, 3.05) is 18.0 Å². The summed E-state index contributed by atoms with van der Waals surface area (Å²) in [5.74, 6) is 0.0432. The average molecular weight is 647 g/mol. The molecule has 4 aromatic carbocycles. The molecule has 6 rings (SSSR count). The van der Waals surface area contributed by atoms with Crippen LogP contribution in [-0.4, -0.2) is 29.4 Å². The van der Waals surface area contributed by atoms with Crippen LogP contribution in [0.5, 0.6) is 5.75 Å². The zero-order valence-corrected chi connectivity index (χ0v) is 27.6. The van der Waals surface area contributed by atoms with Gasteiger partial charge in [0.2, 0.25) is 5.13 Å². The summed E-state index contributed by atoms with van der Waals surface area (Å²) in [6, 6.07) is 31.0. The number of aromatic nitrogens is 1. The molecule has 1 atom stereocenters. The van der Waals surface area contributed by atoms with Crippen molar-refractivity contribution in [2.24, 2.45) is 20.5 Å². The van der Waals surface area contributed by atoms with Crippen LogP contribution < -0.4 is 9.64 Å². The fourth-order valence-corrected chi connectivity index (χ4v) is 7.21. The maximum Gasteiger partial charge on any atom is 0.343 e. The number of nitrogens with zero attached hydrogens (tertiary/aromatic N) is 6. The van der Waals surface area contributed by atoms with Gasteiger partial charge in [-0.15, -0.1) is 10.2 Å². The molecule has 1 aliphatic heterocycles. The van der Waals surface area contributed by atoms with Crippen LogP contribution in [0.2, 0.25) is 0 Å². The maximum absolute atomic E-state index is 12.7. The lowest BCUT2D eigenvalue weighted by molar-refractivity contribution is 0.0735. The van der Waals surface area contributed by atoms with E-state index in [1.165, 1.54) is 22.6 Å².